The Kier molecular flexibility index (Phi) is 4.60. The molecule has 1 heterocycles. The lowest BCUT2D eigenvalue weighted by Gasteiger charge is -2.35. The van der Waals surface area contributed by atoms with Gasteiger partial charge >= 0.3 is 0 Å². The van der Waals surface area contributed by atoms with Gasteiger partial charge in [0, 0.05) is 6.54 Å². The summed E-state index contributed by atoms with van der Waals surface area (Å²) in [5.41, 5.74) is 2.48. The molecule has 0 bridgehead atoms. The average Bonchev–Trinajstić information content (AvgIpc) is 2.56. The van der Waals surface area contributed by atoms with E-state index in [4.69, 9.17) is 0 Å². The molecule has 1 atom stereocenters. The molecular formula is C20H25NO. The first-order valence-corrected chi connectivity index (χ1v) is 8.26. The molecule has 1 saturated heterocycles. The van der Waals surface area contributed by atoms with E-state index in [0.29, 0.717) is 6.54 Å². The minimum absolute atomic E-state index is 0.705. The fourth-order valence-corrected chi connectivity index (χ4v) is 3.46. The Morgan fingerprint density at radius 3 is 2.27 bits per heavy atom. The Morgan fingerprint density at radius 1 is 0.909 bits per heavy atom. The molecule has 2 heteroatoms. The lowest BCUT2D eigenvalue weighted by molar-refractivity contribution is 0.0110. The zero-order chi connectivity index (χ0) is 15.4. The van der Waals surface area contributed by atoms with Crippen LogP contribution in [0.15, 0.2) is 54.6 Å². The number of piperidine rings is 1. The highest BCUT2D eigenvalue weighted by atomic mass is 16.3. The van der Waals surface area contributed by atoms with E-state index in [2.05, 4.69) is 29.2 Å². The SMILES string of the molecule is CC(O)(CN1CCCCC1)c1ccccc1-c1ccccc1. The molecule has 2 aromatic rings. The van der Waals surface area contributed by atoms with Crippen molar-refractivity contribution in [2.75, 3.05) is 19.6 Å². The van der Waals surface area contributed by atoms with Gasteiger partial charge in [-0.3, -0.25) is 0 Å². The predicted molar refractivity (Wildman–Crippen MR) is 91.7 cm³/mol. The fourth-order valence-electron chi connectivity index (χ4n) is 3.46. The summed E-state index contributed by atoms with van der Waals surface area (Å²) in [6.45, 7) is 4.85. The number of nitrogens with zero attached hydrogens (tertiary/aromatic N) is 1. The molecule has 0 aromatic heterocycles. The maximum atomic E-state index is 11.1. The van der Waals surface area contributed by atoms with Gasteiger partial charge in [-0.25, -0.2) is 0 Å². The van der Waals surface area contributed by atoms with Crippen LogP contribution in [0, 0.1) is 0 Å². The number of likely N-dealkylation sites (tertiary alicyclic amines) is 1. The highest BCUT2D eigenvalue weighted by molar-refractivity contribution is 5.68. The monoisotopic (exact) mass is 295 g/mol. The van der Waals surface area contributed by atoms with Gasteiger partial charge in [-0.05, 0) is 49.5 Å². The molecular weight excluding hydrogens is 270 g/mol. The first-order chi connectivity index (χ1) is 10.7. The minimum atomic E-state index is -0.830. The Balaban J connectivity index is 1.90. The largest absolute Gasteiger partial charge is 0.384 e. The second kappa shape index (κ2) is 6.64. The zero-order valence-electron chi connectivity index (χ0n) is 13.3. The summed E-state index contributed by atoms with van der Waals surface area (Å²) in [7, 11) is 0. The van der Waals surface area contributed by atoms with Gasteiger partial charge in [0.05, 0.1) is 0 Å². The molecule has 1 unspecified atom stereocenters. The van der Waals surface area contributed by atoms with Gasteiger partial charge in [-0.15, -0.1) is 0 Å². The van der Waals surface area contributed by atoms with Gasteiger partial charge in [-0.1, -0.05) is 61.0 Å². The normalized spacial score (nSPS) is 18.8. The molecule has 0 aliphatic carbocycles. The van der Waals surface area contributed by atoms with E-state index in [0.717, 1.165) is 29.8 Å². The van der Waals surface area contributed by atoms with Gasteiger partial charge in [0.15, 0.2) is 0 Å². The maximum Gasteiger partial charge on any atom is 0.100 e. The molecule has 0 saturated carbocycles. The van der Waals surface area contributed by atoms with E-state index in [9.17, 15) is 5.11 Å². The number of aliphatic hydroxyl groups is 1. The van der Waals surface area contributed by atoms with Crippen molar-refractivity contribution >= 4 is 0 Å². The van der Waals surface area contributed by atoms with Crippen molar-refractivity contribution in [3.8, 4) is 11.1 Å². The summed E-state index contributed by atoms with van der Waals surface area (Å²) in [6.07, 6.45) is 3.81. The Labute approximate surface area is 133 Å². The van der Waals surface area contributed by atoms with Crippen LogP contribution in [-0.4, -0.2) is 29.6 Å². The lowest BCUT2D eigenvalue weighted by atomic mass is 9.87. The van der Waals surface area contributed by atoms with Crippen LogP contribution in [0.4, 0.5) is 0 Å². The molecule has 0 radical (unpaired) electrons. The maximum absolute atomic E-state index is 11.1. The zero-order valence-corrected chi connectivity index (χ0v) is 13.3. The van der Waals surface area contributed by atoms with Crippen LogP contribution in [0.2, 0.25) is 0 Å². The Bertz CT molecular complexity index is 600. The summed E-state index contributed by atoms with van der Waals surface area (Å²) < 4.78 is 0. The van der Waals surface area contributed by atoms with Gasteiger partial charge in [0.2, 0.25) is 0 Å². The predicted octanol–water partition coefficient (Wildman–Crippen LogP) is 4.05. The molecule has 3 rings (SSSR count). The van der Waals surface area contributed by atoms with Crippen molar-refractivity contribution < 1.29 is 5.11 Å². The van der Waals surface area contributed by atoms with Crippen LogP contribution < -0.4 is 0 Å². The lowest BCUT2D eigenvalue weighted by Crippen LogP contribution is -2.41. The van der Waals surface area contributed by atoms with Crippen molar-refractivity contribution in [2.24, 2.45) is 0 Å². The molecule has 22 heavy (non-hydrogen) atoms. The number of rotatable bonds is 4. The quantitative estimate of drug-likeness (QED) is 0.920. The summed E-state index contributed by atoms with van der Waals surface area (Å²) in [5, 5.41) is 11.1. The fraction of sp³-hybridized carbons (Fsp3) is 0.400. The van der Waals surface area contributed by atoms with E-state index in [1.165, 1.54) is 19.3 Å². The number of hydrogen-bond acceptors (Lipinski definition) is 2. The number of hydrogen-bond donors (Lipinski definition) is 1. The van der Waals surface area contributed by atoms with Crippen molar-refractivity contribution in [2.45, 2.75) is 31.8 Å². The van der Waals surface area contributed by atoms with E-state index in [1.54, 1.807) is 0 Å². The Morgan fingerprint density at radius 2 is 1.55 bits per heavy atom. The molecule has 0 amide bonds. The molecule has 1 aliphatic rings. The van der Waals surface area contributed by atoms with E-state index in [1.807, 2.05) is 37.3 Å². The second-order valence-corrected chi connectivity index (χ2v) is 6.52. The average molecular weight is 295 g/mol. The highest BCUT2D eigenvalue weighted by Crippen LogP contribution is 2.32. The van der Waals surface area contributed by atoms with Crippen LogP contribution in [0.3, 0.4) is 0 Å². The third-order valence-electron chi connectivity index (χ3n) is 4.57. The summed E-state index contributed by atoms with van der Waals surface area (Å²) in [4.78, 5) is 2.39. The van der Waals surface area contributed by atoms with Gasteiger partial charge in [0.25, 0.3) is 0 Å². The van der Waals surface area contributed by atoms with Crippen molar-refractivity contribution in [3.05, 3.63) is 60.2 Å². The van der Waals surface area contributed by atoms with Crippen LogP contribution in [0.25, 0.3) is 11.1 Å². The third kappa shape index (κ3) is 3.40. The molecule has 1 fully saturated rings. The van der Waals surface area contributed by atoms with Crippen LogP contribution >= 0.6 is 0 Å². The number of benzene rings is 2. The van der Waals surface area contributed by atoms with E-state index >= 15 is 0 Å². The third-order valence-corrected chi connectivity index (χ3v) is 4.57. The van der Waals surface area contributed by atoms with Crippen molar-refractivity contribution in [1.82, 2.24) is 4.90 Å². The molecule has 1 aliphatic heterocycles. The highest BCUT2D eigenvalue weighted by Gasteiger charge is 2.29. The number of β-amino-alcohol motifs (C(OH)–C–C–N with tert-alkyl or cyclic N) is 1. The van der Waals surface area contributed by atoms with Crippen LogP contribution in [0.1, 0.15) is 31.7 Å². The first kappa shape index (κ1) is 15.3. The van der Waals surface area contributed by atoms with Gasteiger partial charge in [-0.2, -0.15) is 0 Å². The Hall–Kier alpha value is -1.64. The standard InChI is InChI=1S/C20H25NO/c1-20(22,16-21-14-8-3-9-15-21)19-13-7-6-12-18(19)17-10-4-2-5-11-17/h2,4-7,10-13,22H,3,8-9,14-16H2,1H3. The van der Waals surface area contributed by atoms with Crippen LogP contribution in [-0.2, 0) is 5.60 Å². The van der Waals surface area contributed by atoms with Gasteiger partial charge in [0.1, 0.15) is 5.60 Å². The minimum Gasteiger partial charge on any atom is -0.384 e. The summed E-state index contributed by atoms with van der Waals surface area (Å²) in [5.74, 6) is 0. The van der Waals surface area contributed by atoms with Crippen molar-refractivity contribution in [1.29, 1.82) is 0 Å². The topological polar surface area (TPSA) is 23.5 Å². The smallest absolute Gasteiger partial charge is 0.100 e. The summed E-state index contributed by atoms with van der Waals surface area (Å²) >= 11 is 0. The molecule has 116 valence electrons. The van der Waals surface area contributed by atoms with Gasteiger partial charge < -0.3 is 10.0 Å². The van der Waals surface area contributed by atoms with Crippen molar-refractivity contribution in [3.63, 3.8) is 0 Å². The molecule has 2 nitrogen and oxygen atoms in total. The molecule has 1 N–H and O–H groups in total. The molecule has 0 spiro atoms. The summed E-state index contributed by atoms with van der Waals surface area (Å²) in [6, 6.07) is 18.6. The first-order valence-electron chi connectivity index (χ1n) is 8.26. The second-order valence-electron chi connectivity index (χ2n) is 6.52. The molecule has 2 aromatic carbocycles. The van der Waals surface area contributed by atoms with E-state index in [-0.39, 0.29) is 0 Å². The van der Waals surface area contributed by atoms with E-state index < -0.39 is 5.60 Å². The van der Waals surface area contributed by atoms with Crippen LogP contribution in [0.5, 0.6) is 0 Å².